The molecular formula is C14H19N3S. The van der Waals surface area contributed by atoms with Crippen LogP contribution in [0, 0.1) is 6.92 Å². The van der Waals surface area contributed by atoms with Gasteiger partial charge in [0, 0.05) is 18.5 Å². The van der Waals surface area contributed by atoms with Gasteiger partial charge < -0.3 is 5.32 Å². The van der Waals surface area contributed by atoms with Gasteiger partial charge >= 0.3 is 0 Å². The van der Waals surface area contributed by atoms with E-state index in [2.05, 4.69) is 49.4 Å². The summed E-state index contributed by atoms with van der Waals surface area (Å²) in [5, 5.41) is 5.21. The van der Waals surface area contributed by atoms with Gasteiger partial charge in [0.2, 0.25) is 0 Å². The Hall–Kier alpha value is -1.42. The summed E-state index contributed by atoms with van der Waals surface area (Å²) in [6, 6.07) is 4.13. The molecule has 0 radical (unpaired) electrons. The first-order valence-corrected chi connectivity index (χ1v) is 6.91. The molecule has 18 heavy (non-hydrogen) atoms. The average Bonchev–Trinajstić information content (AvgIpc) is 2.73. The molecule has 3 nitrogen and oxygen atoms in total. The molecule has 2 heterocycles. The zero-order chi connectivity index (χ0) is 13.3. The van der Waals surface area contributed by atoms with Gasteiger partial charge in [-0.05, 0) is 23.9 Å². The normalized spacial score (nSPS) is 11.6. The van der Waals surface area contributed by atoms with Gasteiger partial charge in [-0.3, -0.25) is 0 Å². The van der Waals surface area contributed by atoms with E-state index in [0.717, 1.165) is 17.3 Å². The van der Waals surface area contributed by atoms with E-state index in [4.69, 9.17) is 4.98 Å². The largest absolute Gasteiger partial charge is 0.373 e. The first-order valence-electron chi connectivity index (χ1n) is 6.03. The van der Waals surface area contributed by atoms with Gasteiger partial charge in [0.25, 0.3) is 0 Å². The number of aromatic nitrogens is 2. The zero-order valence-corrected chi connectivity index (χ0v) is 12.4. The predicted octanol–water partition coefficient (Wildman–Crippen LogP) is 3.85. The summed E-state index contributed by atoms with van der Waals surface area (Å²) < 4.78 is 0. The number of hydrogen-bond acceptors (Lipinski definition) is 4. The van der Waals surface area contributed by atoms with Crippen LogP contribution in [0.2, 0.25) is 0 Å². The Kier molecular flexibility index (Phi) is 3.39. The van der Waals surface area contributed by atoms with Crippen LogP contribution in [0.4, 0.5) is 5.82 Å². The van der Waals surface area contributed by atoms with E-state index in [1.165, 1.54) is 10.4 Å². The summed E-state index contributed by atoms with van der Waals surface area (Å²) in [4.78, 5) is 10.5. The lowest BCUT2D eigenvalue weighted by molar-refractivity contribution is 0.547. The summed E-state index contributed by atoms with van der Waals surface area (Å²) in [7, 11) is 1.89. The van der Waals surface area contributed by atoms with Crippen LogP contribution in [0.15, 0.2) is 17.5 Å². The monoisotopic (exact) mass is 261 g/mol. The first kappa shape index (κ1) is 13.0. The third-order valence-electron chi connectivity index (χ3n) is 2.75. The number of thiophene rings is 1. The molecule has 2 aromatic heterocycles. The molecule has 4 heteroatoms. The standard InChI is InChI=1S/C14H19N3S/c1-9-6-7-18-12(9)10-8-11(15-5)17-13(16-10)14(2,3)4/h6-8H,1-5H3,(H,15,16,17). The number of aryl methyl sites for hydroxylation is 1. The highest BCUT2D eigenvalue weighted by molar-refractivity contribution is 7.13. The quantitative estimate of drug-likeness (QED) is 0.892. The molecule has 0 fully saturated rings. The molecular weight excluding hydrogens is 242 g/mol. The zero-order valence-electron chi connectivity index (χ0n) is 11.5. The maximum absolute atomic E-state index is 4.72. The van der Waals surface area contributed by atoms with Crippen molar-refractivity contribution in [1.29, 1.82) is 0 Å². The molecule has 1 N–H and O–H groups in total. The van der Waals surface area contributed by atoms with Crippen molar-refractivity contribution in [3.05, 3.63) is 28.9 Å². The van der Waals surface area contributed by atoms with E-state index < -0.39 is 0 Å². The fraction of sp³-hybridized carbons (Fsp3) is 0.429. The van der Waals surface area contributed by atoms with Gasteiger partial charge in [-0.15, -0.1) is 11.3 Å². The Morgan fingerprint density at radius 3 is 2.44 bits per heavy atom. The molecule has 0 saturated carbocycles. The fourth-order valence-electron chi connectivity index (χ4n) is 1.66. The summed E-state index contributed by atoms with van der Waals surface area (Å²) in [6.07, 6.45) is 0. The van der Waals surface area contributed by atoms with Gasteiger partial charge in [-0.25, -0.2) is 9.97 Å². The molecule has 0 aromatic carbocycles. The third kappa shape index (κ3) is 2.53. The summed E-state index contributed by atoms with van der Waals surface area (Å²) in [5.41, 5.74) is 2.22. The molecule has 0 bridgehead atoms. The minimum absolute atomic E-state index is 0.0488. The Balaban J connectivity index is 2.58. The second kappa shape index (κ2) is 4.69. The smallest absolute Gasteiger partial charge is 0.136 e. The van der Waals surface area contributed by atoms with Gasteiger partial charge in [-0.1, -0.05) is 20.8 Å². The van der Waals surface area contributed by atoms with Crippen LogP contribution >= 0.6 is 11.3 Å². The van der Waals surface area contributed by atoms with Crippen molar-refractivity contribution in [3.63, 3.8) is 0 Å². The summed E-state index contributed by atoms with van der Waals surface area (Å²) >= 11 is 1.72. The summed E-state index contributed by atoms with van der Waals surface area (Å²) in [5.74, 6) is 1.75. The molecule has 2 aromatic rings. The highest BCUT2D eigenvalue weighted by Gasteiger charge is 2.20. The van der Waals surface area contributed by atoms with Crippen molar-refractivity contribution in [2.75, 3.05) is 12.4 Å². The maximum atomic E-state index is 4.72. The molecule has 0 amide bonds. The van der Waals surface area contributed by atoms with Crippen molar-refractivity contribution >= 4 is 17.2 Å². The van der Waals surface area contributed by atoms with Crippen LogP contribution in [-0.4, -0.2) is 17.0 Å². The lowest BCUT2D eigenvalue weighted by Crippen LogP contribution is -2.17. The lowest BCUT2D eigenvalue weighted by Gasteiger charge is -2.18. The van der Waals surface area contributed by atoms with Gasteiger partial charge in [-0.2, -0.15) is 0 Å². The highest BCUT2D eigenvalue weighted by Crippen LogP contribution is 2.30. The van der Waals surface area contributed by atoms with Crippen LogP contribution in [0.1, 0.15) is 32.2 Å². The van der Waals surface area contributed by atoms with Crippen LogP contribution in [0.3, 0.4) is 0 Å². The SMILES string of the molecule is CNc1cc(-c2sccc2C)nc(C(C)(C)C)n1. The number of nitrogens with zero attached hydrogens (tertiary/aromatic N) is 2. The van der Waals surface area contributed by atoms with Gasteiger partial charge in [0.15, 0.2) is 0 Å². The van der Waals surface area contributed by atoms with Crippen molar-refractivity contribution in [2.45, 2.75) is 33.1 Å². The Morgan fingerprint density at radius 1 is 1.22 bits per heavy atom. The molecule has 0 spiro atoms. The molecule has 0 aliphatic carbocycles. The van der Waals surface area contributed by atoms with E-state index in [0.29, 0.717) is 0 Å². The van der Waals surface area contributed by atoms with Gasteiger partial charge in [0.05, 0.1) is 10.6 Å². The van der Waals surface area contributed by atoms with E-state index in [-0.39, 0.29) is 5.41 Å². The van der Waals surface area contributed by atoms with Crippen molar-refractivity contribution in [2.24, 2.45) is 0 Å². The van der Waals surface area contributed by atoms with E-state index in [1.807, 2.05) is 13.1 Å². The molecule has 0 unspecified atom stereocenters. The third-order valence-corrected chi connectivity index (χ3v) is 3.79. The van der Waals surface area contributed by atoms with Gasteiger partial charge in [0.1, 0.15) is 11.6 Å². The van der Waals surface area contributed by atoms with Crippen molar-refractivity contribution < 1.29 is 0 Å². The van der Waals surface area contributed by atoms with Crippen LogP contribution in [0.25, 0.3) is 10.6 Å². The maximum Gasteiger partial charge on any atom is 0.136 e. The average molecular weight is 261 g/mol. The highest BCUT2D eigenvalue weighted by atomic mass is 32.1. The second-order valence-corrected chi connectivity index (χ2v) is 6.31. The number of rotatable bonds is 2. The molecule has 0 aliphatic heterocycles. The number of anilines is 1. The van der Waals surface area contributed by atoms with Crippen LogP contribution in [0.5, 0.6) is 0 Å². The lowest BCUT2D eigenvalue weighted by atomic mass is 9.95. The topological polar surface area (TPSA) is 37.8 Å². The summed E-state index contributed by atoms with van der Waals surface area (Å²) in [6.45, 7) is 8.51. The van der Waals surface area contributed by atoms with Crippen LogP contribution in [-0.2, 0) is 5.41 Å². The van der Waals surface area contributed by atoms with Crippen LogP contribution < -0.4 is 5.32 Å². The molecule has 96 valence electrons. The Morgan fingerprint density at radius 2 is 1.94 bits per heavy atom. The number of nitrogens with one attached hydrogen (secondary N) is 1. The second-order valence-electron chi connectivity index (χ2n) is 5.39. The molecule has 0 atom stereocenters. The Bertz CT molecular complexity index is 552. The fourth-order valence-corrected chi connectivity index (χ4v) is 2.55. The first-order chi connectivity index (χ1) is 8.41. The minimum Gasteiger partial charge on any atom is -0.373 e. The van der Waals surface area contributed by atoms with Crippen molar-refractivity contribution in [1.82, 2.24) is 9.97 Å². The Labute approximate surface area is 112 Å². The van der Waals surface area contributed by atoms with E-state index in [1.54, 1.807) is 11.3 Å². The number of hydrogen-bond donors (Lipinski definition) is 1. The van der Waals surface area contributed by atoms with Crippen molar-refractivity contribution in [3.8, 4) is 10.6 Å². The molecule has 0 aliphatic rings. The molecule has 0 saturated heterocycles. The molecule has 2 rings (SSSR count). The predicted molar refractivity (Wildman–Crippen MR) is 78.3 cm³/mol. The van der Waals surface area contributed by atoms with E-state index >= 15 is 0 Å². The minimum atomic E-state index is -0.0488. The van der Waals surface area contributed by atoms with E-state index in [9.17, 15) is 0 Å².